The predicted octanol–water partition coefficient (Wildman–Crippen LogP) is 4.61. The molecule has 1 aromatic carbocycles. The van der Waals surface area contributed by atoms with Gasteiger partial charge in [0.2, 0.25) is 5.91 Å². The summed E-state index contributed by atoms with van der Waals surface area (Å²) in [5.41, 5.74) is 5.48. The molecule has 1 unspecified atom stereocenters. The average molecular weight is 458 g/mol. The number of nitrogens with one attached hydrogen (secondary N) is 3. The highest BCUT2D eigenvalue weighted by molar-refractivity contribution is 5.93. The lowest BCUT2D eigenvalue weighted by Crippen LogP contribution is -2.17. The summed E-state index contributed by atoms with van der Waals surface area (Å²) >= 11 is 0. The zero-order valence-corrected chi connectivity index (χ0v) is 19.0. The van der Waals surface area contributed by atoms with Gasteiger partial charge in [0.15, 0.2) is 5.65 Å². The van der Waals surface area contributed by atoms with Gasteiger partial charge in [-0.2, -0.15) is 0 Å². The Morgan fingerprint density at radius 2 is 2.09 bits per heavy atom. The van der Waals surface area contributed by atoms with E-state index in [1.54, 1.807) is 12.5 Å². The summed E-state index contributed by atoms with van der Waals surface area (Å²) in [6.45, 7) is 3.54. The van der Waals surface area contributed by atoms with Crippen LogP contribution in [0.3, 0.4) is 0 Å². The first-order valence-corrected chi connectivity index (χ1v) is 11.5. The number of hydrogen-bond acceptors (Lipinski definition) is 7. The Labute approximate surface area is 197 Å². The maximum Gasteiger partial charge on any atom is 0.224 e. The number of carbonyl (C=O) groups excluding carboxylic acids is 1. The van der Waals surface area contributed by atoms with E-state index in [0.29, 0.717) is 35.0 Å². The van der Waals surface area contributed by atoms with Crippen LogP contribution in [0.15, 0.2) is 49.2 Å². The summed E-state index contributed by atoms with van der Waals surface area (Å²) in [6, 6.07) is 9.65. The zero-order valence-electron chi connectivity index (χ0n) is 19.0. The van der Waals surface area contributed by atoms with E-state index in [1.807, 2.05) is 37.3 Å². The second kappa shape index (κ2) is 9.96. The third kappa shape index (κ3) is 4.89. The zero-order chi connectivity index (χ0) is 23.3. The summed E-state index contributed by atoms with van der Waals surface area (Å²) < 4.78 is 5.51. The maximum absolute atomic E-state index is 12.7. The van der Waals surface area contributed by atoms with Crippen molar-refractivity contribution >= 4 is 34.3 Å². The molecule has 1 aliphatic rings. The topological polar surface area (TPSA) is 118 Å². The third-order valence-electron chi connectivity index (χ3n) is 6.10. The molecule has 0 aliphatic carbocycles. The van der Waals surface area contributed by atoms with Crippen molar-refractivity contribution in [3.05, 3.63) is 54.7 Å². The summed E-state index contributed by atoms with van der Waals surface area (Å²) in [6.07, 6.45) is 8.33. The van der Waals surface area contributed by atoms with Crippen LogP contribution in [0.2, 0.25) is 0 Å². The molecule has 0 bridgehead atoms. The molecule has 4 aromatic rings. The number of aromatic nitrogens is 5. The molecule has 1 amide bonds. The van der Waals surface area contributed by atoms with E-state index >= 15 is 0 Å². The van der Waals surface area contributed by atoms with Crippen LogP contribution in [0.1, 0.15) is 31.2 Å². The summed E-state index contributed by atoms with van der Waals surface area (Å²) in [4.78, 5) is 33.3. The Bertz CT molecular complexity index is 1300. The Morgan fingerprint density at radius 3 is 3.03 bits per heavy atom. The van der Waals surface area contributed by atoms with Crippen LogP contribution in [-0.4, -0.2) is 44.0 Å². The van der Waals surface area contributed by atoms with E-state index in [4.69, 9.17) is 4.74 Å². The number of imidazole rings is 1. The van der Waals surface area contributed by atoms with Crippen molar-refractivity contribution in [1.29, 1.82) is 0 Å². The largest absolute Gasteiger partial charge is 0.381 e. The fourth-order valence-corrected chi connectivity index (χ4v) is 4.27. The quantitative estimate of drug-likeness (QED) is 0.387. The lowest BCUT2D eigenvalue weighted by atomic mass is 9.96. The van der Waals surface area contributed by atoms with E-state index in [1.165, 1.54) is 6.33 Å². The molecule has 9 heteroatoms. The number of aromatic amines is 1. The number of anilines is 3. The van der Waals surface area contributed by atoms with Gasteiger partial charge in [0.05, 0.1) is 6.33 Å². The van der Waals surface area contributed by atoms with Gasteiger partial charge in [-0.3, -0.25) is 4.79 Å². The molecule has 3 aromatic heterocycles. The number of carbonyl (C=O) groups is 1. The van der Waals surface area contributed by atoms with Crippen LogP contribution in [0.4, 0.5) is 17.2 Å². The molecule has 4 heterocycles. The number of fused-ring (bicyclic) bond motifs is 1. The Hall–Kier alpha value is -3.85. The fourth-order valence-electron chi connectivity index (χ4n) is 4.27. The molecule has 0 saturated carbocycles. The van der Waals surface area contributed by atoms with Crippen molar-refractivity contribution in [2.24, 2.45) is 5.92 Å². The van der Waals surface area contributed by atoms with Crippen LogP contribution in [-0.2, 0) is 9.53 Å². The summed E-state index contributed by atoms with van der Waals surface area (Å²) in [5.74, 6) is 1.05. The second-order valence-corrected chi connectivity index (χ2v) is 8.54. The number of nitrogens with zero attached hydrogens (tertiary/aromatic N) is 4. The molecule has 3 N–H and O–H groups in total. The van der Waals surface area contributed by atoms with Gasteiger partial charge in [0.1, 0.15) is 23.4 Å². The highest BCUT2D eigenvalue weighted by Gasteiger charge is 2.17. The van der Waals surface area contributed by atoms with Gasteiger partial charge in [-0.1, -0.05) is 6.07 Å². The van der Waals surface area contributed by atoms with Crippen molar-refractivity contribution in [3.8, 4) is 11.3 Å². The third-order valence-corrected chi connectivity index (χ3v) is 6.10. The molecule has 1 saturated heterocycles. The highest BCUT2D eigenvalue weighted by atomic mass is 16.5. The van der Waals surface area contributed by atoms with Gasteiger partial charge in [0, 0.05) is 42.8 Å². The first-order valence-electron chi connectivity index (χ1n) is 11.5. The number of benzene rings is 1. The lowest BCUT2D eigenvalue weighted by Gasteiger charge is -2.16. The van der Waals surface area contributed by atoms with E-state index < -0.39 is 0 Å². The van der Waals surface area contributed by atoms with E-state index in [-0.39, 0.29) is 5.91 Å². The Morgan fingerprint density at radius 1 is 1.15 bits per heavy atom. The summed E-state index contributed by atoms with van der Waals surface area (Å²) in [7, 11) is 0. The Kier molecular flexibility index (Phi) is 6.44. The standard InChI is InChI=1S/C25H27N7O2/c1-16-6-7-18(31-21(33)12-17-4-3-10-34-11-8-17)13-20(16)32-24-19(5-2-9-26-24)22-23-25(29-14-27-22)30-15-28-23/h2,5-7,9,13-15,17H,3-4,8,10-12H2,1H3,(H,26,32)(H,31,33)(H,27,28,29,30). The highest BCUT2D eigenvalue weighted by Crippen LogP contribution is 2.32. The molecule has 1 atom stereocenters. The van der Waals surface area contributed by atoms with Gasteiger partial charge < -0.3 is 20.4 Å². The molecule has 34 heavy (non-hydrogen) atoms. The minimum absolute atomic E-state index is 0.0298. The van der Waals surface area contributed by atoms with Gasteiger partial charge in [-0.05, 0) is 61.9 Å². The van der Waals surface area contributed by atoms with Crippen LogP contribution in [0, 0.1) is 12.8 Å². The van der Waals surface area contributed by atoms with Gasteiger partial charge in [0.25, 0.3) is 0 Å². The smallest absolute Gasteiger partial charge is 0.224 e. The van der Waals surface area contributed by atoms with Crippen LogP contribution >= 0.6 is 0 Å². The Balaban J connectivity index is 1.36. The SMILES string of the molecule is Cc1ccc(NC(=O)CC2CCCOCC2)cc1Nc1ncccc1-c1ncnc2[nH]cnc12. The fraction of sp³-hybridized carbons (Fsp3) is 0.320. The number of rotatable bonds is 6. The minimum atomic E-state index is 0.0298. The first-order chi connectivity index (χ1) is 16.7. The number of H-pyrrole nitrogens is 1. The number of hydrogen-bond donors (Lipinski definition) is 3. The van der Waals surface area contributed by atoms with Crippen LogP contribution < -0.4 is 10.6 Å². The molecule has 1 aliphatic heterocycles. The van der Waals surface area contributed by atoms with Gasteiger partial charge >= 0.3 is 0 Å². The van der Waals surface area contributed by atoms with Crippen molar-refractivity contribution in [2.45, 2.75) is 32.6 Å². The molecule has 174 valence electrons. The van der Waals surface area contributed by atoms with E-state index in [0.717, 1.165) is 55.0 Å². The molecule has 0 spiro atoms. The van der Waals surface area contributed by atoms with E-state index in [9.17, 15) is 4.79 Å². The molecule has 0 radical (unpaired) electrons. The van der Waals surface area contributed by atoms with Crippen LogP contribution in [0.5, 0.6) is 0 Å². The number of ether oxygens (including phenoxy) is 1. The van der Waals surface area contributed by atoms with Crippen LogP contribution in [0.25, 0.3) is 22.4 Å². The maximum atomic E-state index is 12.7. The monoisotopic (exact) mass is 457 g/mol. The van der Waals surface area contributed by atoms with Crippen molar-refractivity contribution in [3.63, 3.8) is 0 Å². The first kappa shape index (κ1) is 22.0. The van der Waals surface area contributed by atoms with Crippen molar-refractivity contribution in [1.82, 2.24) is 24.9 Å². The van der Waals surface area contributed by atoms with Crippen molar-refractivity contribution < 1.29 is 9.53 Å². The average Bonchev–Trinajstić information content (AvgIpc) is 3.19. The number of pyridine rings is 1. The van der Waals surface area contributed by atoms with Gasteiger partial charge in [-0.25, -0.2) is 19.9 Å². The second-order valence-electron chi connectivity index (χ2n) is 8.54. The number of aryl methyl sites for hydroxylation is 1. The molecule has 9 nitrogen and oxygen atoms in total. The minimum Gasteiger partial charge on any atom is -0.381 e. The van der Waals surface area contributed by atoms with Gasteiger partial charge in [-0.15, -0.1) is 0 Å². The predicted molar refractivity (Wildman–Crippen MR) is 131 cm³/mol. The van der Waals surface area contributed by atoms with Crippen molar-refractivity contribution in [2.75, 3.05) is 23.8 Å². The lowest BCUT2D eigenvalue weighted by molar-refractivity contribution is -0.117. The van der Waals surface area contributed by atoms with E-state index in [2.05, 4.69) is 35.6 Å². The molecule has 5 rings (SSSR count). The molecular formula is C25H27N7O2. The molecular weight excluding hydrogens is 430 g/mol. The normalized spacial score (nSPS) is 16.2. The number of amides is 1. The summed E-state index contributed by atoms with van der Waals surface area (Å²) in [5, 5.41) is 6.48. The molecule has 1 fully saturated rings.